The van der Waals surface area contributed by atoms with Crippen molar-refractivity contribution >= 4 is 50.7 Å². The summed E-state index contributed by atoms with van der Waals surface area (Å²) in [6.45, 7) is 1.97. The molecule has 1 aromatic heterocycles. The Bertz CT molecular complexity index is 619. The molecule has 0 unspecified atom stereocenters. The van der Waals surface area contributed by atoms with Gasteiger partial charge in [-0.2, -0.15) is 5.10 Å². The zero-order valence-electron chi connectivity index (χ0n) is 11.8. The number of hydrogen-bond donors (Lipinski definition) is 0. The van der Waals surface area contributed by atoms with Crippen LogP contribution in [-0.4, -0.2) is 21.5 Å². The second kappa shape index (κ2) is 6.91. The predicted molar refractivity (Wildman–Crippen MR) is 93.9 cm³/mol. The van der Waals surface area contributed by atoms with Gasteiger partial charge >= 0.3 is 0 Å². The highest BCUT2D eigenvalue weighted by molar-refractivity contribution is 9.10. The lowest BCUT2D eigenvalue weighted by atomic mass is 9.80. The monoisotopic (exact) mass is 408 g/mol. The lowest BCUT2D eigenvalue weighted by Crippen LogP contribution is -2.34. The average Bonchev–Trinajstić information content (AvgIpc) is 2.72. The van der Waals surface area contributed by atoms with Crippen molar-refractivity contribution in [1.82, 2.24) is 9.78 Å². The van der Waals surface area contributed by atoms with Crippen LogP contribution in [0.1, 0.15) is 17.0 Å². The third kappa shape index (κ3) is 3.42. The number of aryl methyl sites for hydroxylation is 2. The molecule has 1 aromatic carbocycles. The Kier molecular flexibility index (Phi) is 5.64. The van der Waals surface area contributed by atoms with E-state index in [1.807, 2.05) is 42.9 Å². The second-order valence-electron chi connectivity index (χ2n) is 5.20. The third-order valence-corrected chi connectivity index (χ3v) is 6.04. The first-order chi connectivity index (χ1) is 9.93. The summed E-state index contributed by atoms with van der Waals surface area (Å²) in [7, 11) is 1.93. The van der Waals surface area contributed by atoms with Crippen LogP contribution in [0.5, 0.6) is 0 Å². The molecule has 6 heteroatoms. The van der Waals surface area contributed by atoms with Crippen LogP contribution in [0.3, 0.4) is 0 Å². The van der Waals surface area contributed by atoms with Crippen LogP contribution < -0.4 is 0 Å². The quantitative estimate of drug-likeness (QED) is 0.627. The van der Waals surface area contributed by atoms with Gasteiger partial charge in [-0.3, -0.25) is 4.68 Å². The zero-order valence-corrected chi connectivity index (χ0v) is 15.7. The van der Waals surface area contributed by atoms with Crippen LogP contribution in [0.25, 0.3) is 0 Å². The van der Waals surface area contributed by atoms with E-state index >= 15 is 0 Å². The minimum absolute atomic E-state index is 0.351. The van der Waals surface area contributed by atoms with E-state index in [9.17, 15) is 0 Å². The van der Waals surface area contributed by atoms with Gasteiger partial charge in [0.15, 0.2) is 0 Å². The van der Waals surface area contributed by atoms with Crippen molar-refractivity contribution < 1.29 is 0 Å². The molecule has 0 atom stereocenters. The Morgan fingerprint density at radius 2 is 1.76 bits per heavy atom. The van der Waals surface area contributed by atoms with Crippen molar-refractivity contribution in [3.63, 3.8) is 0 Å². The summed E-state index contributed by atoms with van der Waals surface area (Å²) in [5, 5.41) is 5.14. The molecule has 0 N–H and O–H groups in total. The predicted octanol–water partition coefficient (Wildman–Crippen LogP) is 5.10. The lowest BCUT2D eigenvalue weighted by molar-refractivity contribution is 0.509. The summed E-state index contributed by atoms with van der Waals surface area (Å²) in [5.74, 6) is 0.851. The minimum atomic E-state index is -0.351. The highest BCUT2D eigenvalue weighted by Gasteiger charge is 2.33. The summed E-state index contributed by atoms with van der Waals surface area (Å²) in [5.41, 5.74) is 2.78. The molecule has 0 aliphatic rings. The van der Waals surface area contributed by atoms with Gasteiger partial charge in [0.1, 0.15) is 0 Å². The number of nitrogens with zero attached hydrogens (tertiary/aromatic N) is 2. The summed E-state index contributed by atoms with van der Waals surface area (Å²) in [6, 6.07) is 7.72. The standard InChI is InChI=1S/C15H16BrCl3N2/c1-10-14(16)13(21(2)20-10)7-15(8-17,9-18)11-3-5-12(19)6-4-11/h3-6H,7-9H2,1-2H3. The third-order valence-electron chi connectivity index (χ3n) is 3.74. The maximum atomic E-state index is 6.30. The number of aromatic nitrogens is 2. The number of benzene rings is 1. The van der Waals surface area contributed by atoms with E-state index in [-0.39, 0.29) is 5.41 Å². The molecule has 0 spiro atoms. The molecular weight excluding hydrogens is 394 g/mol. The number of hydrogen-bond acceptors (Lipinski definition) is 1. The van der Waals surface area contributed by atoms with Gasteiger partial charge in [-0.15, -0.1) is 23.2 Å². The summed E-state index contributed by atoms with van der Waals surface area (Å²) >= 11 is 22.2. The van der Waals surface area contributed by atoms with Gasteiger partial charge < -0.3 is 0 Å². The molecule has 2 nitrogen and oxygen atoms in total. The molecule has 0 saturated heterocycles. The number of halogens is 4. The van der Waals surface area contributed by atoms with Crippen molar-refractivity contribution in [3.8, 4) is 0 Å². The Hall–Kier alpha value is -0.220. The lowest BCUT2D eigenvalue weighted by Gasteiger charge is -2.30. The van der Waals surface area contributed by atoms with Gasteiger partial charge in [0.2, 0.25) is 0 Å². The molecule has 0 aliphatic carbocycles. The Labute approximate surface area is 148 Å². The van der Waals surface area contributed by atoms with Crippen molar-refractivity contribution in [2.24, 2.45) is 7.05 Å². The van der Waals surface area contributed by atoms with Gasteiger partial charge in [0, 0.05) is 35.7 Å². The SMILES string of the molecule is Cc1nn(C)c(CC(CCl)(CCl)c2ccc(Cl)cc2)c1Br. The topological polar surface area (TPSA) is 17.8 Å². The van der Waals surface area contributed by atoms with E-state index in [0.29, 0.717) is 23.2 Å². The van der Waals surface area contributed by atoms with Gasteiger partial charge in [0.05, 0.1) is 15.9 Å². The van der Waals surface area contributed by atoms with E-state index in [4.69, 9.17) is 34.8 Å². The van der Waals surface area contributed by atoms with Gasteiger partial charge in [-0.1, -0.05) is 23.7 Å². The van der Waals surface area contributed by atoms with Crippen LogP contribution in [0.15, 0.2) is 28.7 Å². The molecule has 0 bridgehead atoms. The van der Waals surface area contributed by atoms with Crippen LogP contribution in [-0.2, 0) is 18.9 Å². The minimum Gasteiger partial charge on any atom is -0.271 e. The van der Waals surface area contributed by atoms with Crippen LogP contribution in [0, 0.1) is 6.92 Å². The van der Waals surface area contributed by atoms with Crippen LogP contribution in [0.2, 0.25) is 5.02 Å². The molecular formula is C15H16BrCl3N2. The fraction of sp³-hybridized carbons (Fsp3) is 0.400. The van der Waals surface area contributed by atoms with Gasteiger partial charge in [-0.05, 0) is 40.5 Å². The maximum absolute atomic E-state index is 6.30. The summed E-state index contributed by atoms with van der Waals surface area (Å²) in [4.78, 5) is 0. The fourth-order valence-electron chi connectivity index (χ4n) is 2.38. The van der Waals surface area contributed by atoms with E-state index in [2.05, 4.69) is 21.0 Å². The summed E-state index contributed by atoms with van der Waals surface area (Å²) < 4.78 is 2.89. The molecule has 2 rings (SSSR count). The molecule has 0 aliphatic heterocycles. The van der Waals surface area contributed by atoms with Crippen LogP contribution in [0.4, 0.5) is 0 Å². The number of rotatable bonds is 5. The second-order valence-corrected chi connectivity index (χ2v) is 6.96. The fourth-order valence-corrected chi connectivity index (χ4v) is 3.77. The summed E-state index contributed by atoms with van der Waals surface area (Å²) in [6.07, 6.45) is 0.708. The van der Waals surface area contributed by atoms with E-state index in [1.54, 1.807) is 0 Å². The smallest absolute Gasteiger partial charge is 0.0738 e. The van der Waals surface area contributed by atoms with E-state index in [0.717, 1.165) is 21.4 Å². The zero-order chi connectivity index (χ0) is 15.6. The van der Waals surface area contributed by atoms with Gasteiger partial charge in [-0.25, -0.2) is 0 Å². The Balaban J connectivity index is 2.45. The van der Waals surface area contributed by atoms with Crippen molar-refractivity contribution in [3.05, 3.63) is 50.7 Å². The van der Waals surface area contributed by atoms with Crippen molar-refractivity contribution in [1.29, 1.82) is 0 Å². The first-order valence-corrected chi connectivity index (χ1v) is 8.73. The molecule has 114 valence electrons. The first-order valence-electron chi connectivity index (χ1n) is 6.49. The Morgan fingerprint density at radius 1 is 1.19 bits per heavy atom. The van der Waals surface area contributed by atoms with Crippen molar-refractivity contribution in [2.75, 3.05) is 11.8 Å². The molecule has 0 fully saturated rings. The van der Waals surface area contributed by atoms with Gasteiger partial charge in [0.25, 0.3) is 0 Å². The Morgan fingerprint density at radius 3 is 2.19 bits per heavy atom. The van der Waals surface area contributed by atoms with E-state index < -0.39 is 0 Å². The molecule has 0 saturated carbocycles. The van der Waals surface area contributed by atoms with E-state index in [1.165, 1.54) is 0 Å². The molecule has 0 amide bonds. The van der Waals surface area contributed by atoms with Crippen molar-refractivity contribution in [2.45, 2.75) is 18.8 Å². The molecule has 0 radical (unpaired) electrons. The average molecular weight is 411 g/mol. The maximum Gasteiger partial charge on any atom is 0.0738 e. The normalized spacial score (nSPS) is 11.9. The highest BCUT2D eigenvalue weighted by atomic mass is 79.9. The molecule has 2 aromatic rings. The molecule has 1 heterocycles. The molecule has 21 heavy (non-hydrogen) atoms. The highest BCUT2D eigenvalue weighted by Crippen LogP contribution is 2.35. The van der Waals surface area contributed by atoms with Crippen LogP contribution >= 0.6 is 50.7 Å². The number of alkyl halides is 2. The largest absolute Gasteiger partial charge is 0.271 e. The first kappa shape index (κ1) is 17.1.